The van der Waals surface area contributed by atoms with Crippen molar-refractivity contribution < 1.29 is 17.9 Å². The Balaban J connectivity index is 2.40. The molecule has 0 fully saturated rings. The molecule has 0 aliphatic carbocycles. The molecule has 0 saturated heterocycles. The Bertz CT molecular complexity index is 727. The first-order chi connectivity index (χ1) is 9.97. The van der Waals surface area contributed by atoms with Crippen molar-refractivity contribution in [1.29, 1.82) is 0 Å². The van der Waals surface area contributed by atoms with Gasteiger partial charge >= 0.3 is 0 Å². The Labute approximate surface area is 124 Å². The number of nitrogens with zero attached hydrogens (tertiary/aromatic N) is 1. The van der Waals surface area contributed by atoms with Gasteiger partial charge in [0.2, 0.25) is 0 Å². The van der Waals surface area contributed by atoms with Gasteiger partial charge in [-0.2, -0.15) is 0 Å². The third-order valence-electron chi connectivity index (χ3n) is 3.14. The Hall–Kier alpha value is -2.08. The molecule has 2 rings (SSSR count). The van der Waals surface area contributed by atoms with Gasteiger partial charge in [-0.25, -0.2) is 13.4 Å². The molecule has 1 heterocycles. The van der Waals surface area contributed by atoms with Crippen LogP contribution in [0.25, 0.3) is 0 Å². The SMILES string of the molecule is COc1cc(C)c(CS(=O)(=O)c2ccccn2)cc1OC. The maximum atomic E-state index is 12.4. The van der Waals surface area contributed by atoms with Crippen LogP contribution in [0, 0.1) is 6.92 Å². The summed E-state index contributed by atoms with van der Waals surface area (Å²) in [6, 6.07) is 8.28. The van der Waals surface area contributed by atoms with Gasteiger partial charge in [0.1, 0.15) is 0 Å². The first-order valence-electron chi connectivity index (χ1n) is 6.33. The summed E-state index contributed by atoms with van der Waals surface area (Å²) in [5, 5.41) is 0.0687. The maximum Gasteiger partial charge on any atom is 0.199 e. The molecule has 1 aromatic heterocycles. The number of hydrogen-bond acceptors (Lipinski definition) is 5. The first-order valence-corrected chi connectivity index (χ1v) is 7.98. The molecule has 0 aliphatic heterocycles. The van der Waals surface area contributed by atoms with E-state index in [2.05, 4.69) is 4.98 Å². The highest BCUT2D eigenvalue weighted by Crippen LogP contribution is 2.31. The standard InChI is InChI=1S/C15H17NO4S/c1-11-8-13(19-2)14(20-3)9-12(11)10-21(17,18)15-6-4-5-7-16-15/h4-9H,10H2,1-3H3. The van der Waals surface area contributed by atoms with Gasteiger partial charge in [-0.1, -0.05) is 6.07 Å². The fourth-order valence-electron chi connectivity index (χ4n) is 1.99. The molecule has 2 aromatic rings. The van der Waals surface area contributed by atoms with E-state index in [1.54, 1.807) is 31.4 Å². The second-order valence-corrected chi connectivity index (χ2v) is 6.50. The van der Waals surface area contributed by atoms with E-state index in [0.29, 0.717) is 17.1 Å². The van der Waals surface area contributed by atoms with E-state index in [-0.39, 0.29) is 10.8 Å². The smallest absolute Gasteiger partial charge is 0.199 e. The van der Waals surface area contributed by atoms with Gasteiger partial charge in [0.15, 0.2) is 26.4 Å². The summed E-state index contributed by atoms with van der Waals surface area (Å²) in [6.07, 6.45) is 1.47. The van der Waals surface area contributed by atoms with Crippen molar-refractivity contribution in [2.45, 2.75) is 17.7 Å². The molecule has 0 aliphatic rings. The highest BCUT2D eigenvalue weighted by Gasteiger charge is 2.19. The minimum Gasteiger partial charge on any atom is -0.493 e. The molecule has 0 radical (unpaired) electrons. The lowest BCUT2D eigenvalue weighted by Gasteiger charge is -2.12. The minimum atomic E-state index is -3.49. The van der Waals surface area contributed by atoms with Crippen molar-refractivity contribution in [1.82, 2.24) is 4.98 Å². The van der Waals surface area contributed by atoms with Gasteiger partial charge < -0.3 is 9.47 Å². The molecule has 0 atom stereocenters. The molecule has 0 saturated carbocycles. The van der Waals surface area contributed by atoms with Gasteiger partial charge in [0, 0.05) is 6.20 Å². The lowest BCUT2D eigenvalue weighted by Crippen LogP contribution is -2.08. The van der Waals surface area contributed by atoms with Gasteiger partial charge in [0.25, 0.3) is 0 Å². The van der Waals surface area contributed by atoms with Crippen LogP contribution in [0.3, 0.4) is 0 Å². The van der Waals surface area contributed by atoms with E-state index in [0.717, 1.165) is 5.56 Å². The Morgan fingerprint density at radius 3 is 2.33 bits per heavy atom. The second kappa shape index (κ2) is 6.13. The highest BCUT2D eigenvalue weighted by atomic mass is 32.2. The van der Waals surface area contributed by atoms with Crippen LogP contribution in [-0.4, -0.2) is 27.6 Å². The van der Waals surface area contributed by atoms with Gasteiger partial charge in [-0.05, 0) is 42.3 Å². The first kappa shape index (κ1) is 15.3. The van der Waals surface area contributed by atoms with E-state index < -0.39 is 9.84 Å². The molecule has 6 heteroatoms. The molecule has 0 spiro atoms. The normalized spacial score (nSPS) is 11.2. The van der Waals surface area contributed by atoms with E-state index >= 15 is 0 Å². The number of methoxy groups -OCH3 is 2. The fourth-order valence-corrected chi connectivity index (χ4v) is 3.36. The predicted molar refractivity (Wildman–Crippen MR) is 79.4 cm³/mol. The van der Waals surface area contributed by atoms with Gasteiger partial charge in [0.05, 0.1) is 20.0 Å². The largest absolute Gasteiger partial charge is 0.493 e. The van der Waals surface area contributed by atoms with E-state index in [1.165, 1.54) is 19.4 Å². The van der Waals surface area contributed by atoms with Crippen molar-refractivity contribution in [3.05, 3.63) is 47.7 Å². The Morgan fingerprint density at radius 2 is 1.76 bits per heavy atom. The molecular formula is C15H17NO4S. The highest BCUT2D eigenvalue weighted by molar-refractivity contribution is 7.90. The summed E-state index contributed by atoms with van der Waals surface area (Å²) in [6.45, 7) is 1.84. The van der Waals surface area contributed by atoms with Crippen LogP contribution in [0.4, 0.5) is 0 Å². The van der Waals surface area contributed by atoms with E-state index in [9.17, 15) is 8.42 Å². The van der Waals surface area contributed by atoms with Crippen molar-refractivity contribution >= 4 is 9.84 Å². The molecule has 1 aromatic carbocycles. The number of rotatable bonds is 5. The molecule has 0 unspecified atom stereocenters. The summed E-state index contributed by atoms with van der Waals surface area (Å²) in [7, 11) is -0.427. The summed E-state index contributed by atoms with van der Waals surface area (Å²) in [5.74, 6) is 0.958. The monoisotopic (exact) mass is 307 g/mol. The summed E-state index contributed by atoms with van der Waals surface area (Å²) in [4.78, 5) is 3.91. The number of aromatic nitrogens is 1. The lowest BCUT2D eigenvalue weighted by molar-refractivity contribution is 0.354. The topological polar surface area (TPSA) is 65.5 Å². The number of benzene rings is 1. The number of sulfone groups is 1. The van der Waals surface area contributed by atoms with Crippen LogP contribution < -0.4 is 9.47 Å². The third kappa shape index (κ3) is 3.33. The van der Waals surface area contributed by atoms with Crippen molar-refractivity contribution in [3.8, 4) is 11.5 Å². The third-order valence-corrected chi connectivity index (χ3v) is 4.71. The average molecular weight is 307 g/mol. The number of aryl methyl sites for hydroxylation is 1. The van der Waals surface area contributed by atoms with Crippen molar-refractivity contribution in [2.75, 3.05) is 14.2 Å². The Kier molecular flexibility index (Phi) is 4.47. The van der Waals surface area contributed by atoms with Gasteiger partial charge in [-0.3, -0.25) is 0 Å². The summed E-state index contributed by atoms with van der Waals surface area (Å²) < 4.78 is 35.2. The minimum absolute atomic E-state index is 0.0687. The maximum absolute atomic E-state index is 12.4. The Morgan fingerprint density at radius 1 is 1.10 bits per heavy atom. The fraction of sp³-hybridized carbons (Fsp3) is 0.267. The molecule has 0 amide bonds. The lowest BCUT2D eigenvalue weighted by atomic mass is 10.1. The van der Waals surface area contributed by atoms with Crippen LogP contribution in [-0.2, 0) is 15.6 Å². The van der Waals surface area contributed by atoms with Crippen LogP contribution in [0.2, 0.25) is 0 Å². The van der Waals surface area contributed by atoms with Crippen molar-refractivity contribution in [2.24, 2.45) is 0 Å². The zero-order valence-electron chi connectivity index (χ0n) is 12.2. The van der Waals surface area contributed by atoms with E-state index in [1.807, 2.05) is 6.92 Å². The predicted octanol–water partition coefficient (Wildman–Crippen LogP) is 2.38. The van der Waals surface area contributed by atoms with Crippen LogP contribution in [0.5, 0.6) is 11.5 Å². The van der Waals surface area contributed by atoms with Gasteiger partial charge in [-0.15, -0.1) is 0 Å². The molecule has 5 nitrogen and oxygen atoms in total. The van der Waals surface area contributed by atoms with Crippen LogP contribution in [0.15, 0.2) is 41.6 Å². The molecule has 0 bridgehead atoms. The molecule has 0 N–H and O–H groups in total. The number of ether oxygens (including phenoxy) is 2. The zero-order valence-corrected chi connectivity index (χ0v) is 13.0. The summed E-state index contributed by atoms with van der Waals surface area (Å²) in [5.41, 5.74) is 1.49. The van der Waals surface area contributed by atoms with Crippen LogP contribution in [0.1, 0.15) is 11.1 Å². The molecular weight excluding hydrogens is 290 g/mol. The van der Waals surface area contributed by atoms with E-state index in [4.69, 9.17) is 9.47 Å². The quantitative estimate of drug-likeness (QED) is 0.848. The van der Waals surface area contributed by atoms with Crippen molar-refractivity contribution in [3.63, 3.8) is 0 Å². The average Bonchev–Trinajstić information content (AvgIpc) is 2.49. The van der Waals surface area contributed by atoms with Crippen LogP contribution >= 0.6 is 0 Å². The number of pyridine rings is 1. The summed E-state index contributed by atoms with van der Waals surface area (Å²) >= 11 is 0. The zero-order chi connectivity index (χ0) is 15.5. The molecule has 21 heavy (non-hydrogen) atoms. The second-order valence-electron chi connectivity index (χ2n) is 4.56. The molecule has 112 valence electrons. The number of hydrogen-bond donors (Lipinski definition) is 0.